The minimum Gasteiger partial charge on any atom is -0.495 e. The molecular formula is C13H13BrClNOS. The zero-order valence-corrected chi connectivity index (χ0v) is 13.2. The number of rotatable bonds is 4. The third-order valence-electron chi connectivity index (χ3n) is 2.57. The fourth-order valence-corrected chi connectivity index (χ4v) is 3.60. The summed E-state index contributed by atoms with van der Waals surface area (Å²) < 4.78 is 6.34. The van der Waals surface area contributed by atoms with Gasteiger partial charge in [0.25, 0.3) is 0 Å². The van der Waals surface area contributed by atoms with Crippen LogP contribution >= 0.6 is 38.9 Å². The van der Waals surface area contributed by atoms with Crippen LogP contribution in [-0.4, -0.2) is 7.11 Å². The highest BCUT2D eigenvalue weighted by molar-refractivity contribution is 9.10. The Balaban J connectivity index is 2.17. The maximum atomic E-state index is 6.00. The van der Waals surface area contributed by atoms with E-state index in [9.17, 15) is 0 Å². The highest BCUT2D eigenvalue weighted by Crippen LogP contribution is 2.33. The van der Waals surface area contributed by atoms with E-state index in [1.807, 2.05) is 18.2 Å². The van der Waals surface area contributed by atoms with Crippen LogP contribution in [0.5, 0.6) is 5.75 Å². The van der Waals surface area contributed by atoms with E-state index in [2.05, 4.69) is 39.6 Å². The van der Waals surface area contributed by atoms with Crippen LogP contribution in [0.2, 0.25) is 5.02 Å². The fourth-order valence-electron chi connectivity index (χ4n) is 1.68. The maximum absolute atomic E-state index is 6.00. The number of ether oxygens (including phenoxy) is 1. The summed E-state index contributed by atoms with van der Waals surface area (Å²) in [5.74, 6) is 0.680. The lowest BCUT2D eigenvalue weighted by atomic mass is 10.2. The van der Waals surface area contributed by atoms with Gasteiger partial charge in [0.2, 0.25) is 0 Å². The Bertz CT molecular complexity index is 544. The van der Waals surface area contributed by atoms with Crippen molar-refractivity contribution < 1.29 is 4.74 Å². The van der Waals surface area contributed by atoms with Gasteiger partial charge in [-0.25, -0.2) is 0 Å². The van der Waals surface area contributed by atoms with Gasteiger partial charge in [0, 0.05) is 21.1 Å². The summed E-state index contributed by atoms with van der Waals surface area (Å²) in [6.07, 6.45) is 0. The predicted octanol–water partition coefficient (Wildman–Crippen LogP) is 5.35. The van der Waals surface area contributed by atoms with Crippen molar-refractivity contribution in [2.45, 2.75) is 13.0 Å². The predicted molar refractivity (Wildman–Crippen MR) is 82.1 cm³/mol. The molecule has 1 unspecified atom stereocenters. The van der Waals surface area contributed by atoms with Gasteiger partial charge in [0.15, 0.2) is 0 Å². The SMILES string of the molecule is COc1cc(NC(C)c2sccc2Br)ccc1Cl. The smallest absolute Gasteiger partial charge is 0.139 e. The van der Waals surface area contributed by atoms with E-state index in [0.29, 0.717) is 10.8 Å². The van der Waals surface area contributed by atoms with Gasteiger partial charge in [-0.1, -0.05) is 11.6 Å². The monoisotopic (exact) mass is 345 g/mol. The average Bonchev–Trinajstić information content (AvgIpc) is 2.78. The molecule has 2 rings (SSSR count). The second-order valence-corrected chi connectivity index (χ2v) is 6.06. The van der Waals surface area contributed by atoms with Gasteiger partial charge in [-0.3, -0.25) is 0 Å². The van der Waals surface area contributed by atoms with Gasteiger partial charge in [-0.05, 0) is 46.4 Å². The van der Waals surface area contributed by atoms with E-state index in [1.54, 1.807) is 18.4 Å². The topological polar surface area (TPSA) is 21.3 Å². The van der Waals surface area contributed by atoms with Gasteiger partial charge in [-0.15, -0.1) is 11.3 Å². The normalized spacial score (nSPS) is 12.2. The summed E-state index contributed by atoms with van der Waals surface area (Å²) >= 11 is 11.3. The first-order chi connectivity index (χ1) is 8.61. The molecule has 1 atom stereocenters. The van der Waals surface area contributed by atoms with Crippen molar-refractivity contribution >= 4 is 44.6 Å². The Labute approximate surface area is 124 Å². The van der Waals surface area contributed by atoms with Gasteiger partial charge < -0.3 is 10.1 Å². The van der Waals surface area contributed by atoms with E-state index >= 15 is 0 Å². The summed E-state index contributed by atoms with van der Waals surface area (Å²) in [5.41, 5.74) is 0.990. The second-order valence-electron chi connectivity index (χ2n) is 3.85. The Hall–Kier alpha value is -0.710. The minimum atomic E-state index is 0.227. The lowest BCUT2D eigenvalue weighted by molar-refractivity contribution is 0.415. The van der Waals surface area contributed by atoms with Crippen molar-refractivity contribution in [1.29, 1.82) is 0 Å². The van der Waals surface area contributed by atoms with Crippen LogP contribution in [0, 0.1) is 0 Å². The molecule has 0 saturated carbocycles. The maximum Gasteiger partial charge on any atom is 0.139 e. The molecule has 1 aromatic carbocycles. The van der Waals surface area contributed by atoms with Gasteiger partial charge in [0.1, 0.15) is 5.75 Å². The van der Waals surface area contributed by atoms with Crippen molar-refractivity contribution in [3.8, 4) is 5.75 Å². The summed E-state index contributed by atoms with van der Waals surface area (Å²) in [5, 5.41) is 6.12. The summed E-state index contributed by atoms with van der Waals surface area (Å²) in [4.78, 5) is 1.27. The van der Waals surface area contributed by atoms with Crippen LogP contribution in [0.3, 0.4) is 0 Å². The molecule has 18 heavy (non-hydrogen) atoms. The largest absolute Gasteiger partial charge is 0.495 e. The molecule has 0 aliphatic heterocycles. The first-order valence-electron chi connectivity index (χ1n) is 5.44. The molecule has 0 aliphatic carbocycles. The number of methoxy groups -OCH3 is 1. The van der Waals surface area contributed by atoms with Crippen LogP contribution in [0.15, 0.2) is 34.1 Å². The lowest BCUT2D eigenvalue weighted by Gasteiger charge is -2.15. The summed E-state index contributed by atoms with van der Waals surface area (Å²) in [6, 6.07) is 7.97. The highest BCUT2D eigenvalue weighted by atomic mass is 79.9. The zero-order valence-electron chi connectivity index (χ0n) is 10.0. The third kappa shape index (κ3) is 2.99. The molecular weight excluding hydrogens is 334 g/mol. The molecule has 0 bridgehead atoms. The minimum absolute atomic E-state index is 0.227. The molecule has 0 fully saturated rings. The molecule has 0 amide bonds. The molecule has 0 saturated heterocycles. The van der Waals surface area contributed by atoms with Crippen LogP contribution in [0.1, 0.15) is 17.8 Å². The van der Waals surface area contributed by atoms with E-state index in [-0.39, 0.29) is 6.04 Å². The fraction of sp³-hybridized carbons (Fsp3) is 0.231. The van der Waals surface area contributed by atoms with Crippen LogP contribution in [0.25, 0.3) is 0 Å². The number of hydrogen-bond donors (Lipinski definition) is 1. The average molecular weight is 347 g/mol. The van der Waals surface area contributed by atoms with Crippen LogP contribution < -0.4 is 10.1 Å². The van der Waals surface area contributed by atoms with Gasteiger partial charge >= 0.3 is 0 Å². The van der Waals surface area contributed by atoms with Gasteiger partial charge in [-0.2, -0.15) is 0 Å². The summed E-state index contributed by atoms with van der Waals surface area (Å²) in [6.45, 7) is 2.12. The zero-order chi connectivity index (χ0) is 13.1. The molecule has 2 nitrogen and oxygen atoms in total. The van der Waals surface area contributed by atoms with Crippen molar-refractivity contribution in [2.75, 3.05) is 12.4 Å². The molecule has 1 aromatic heterocycles. The number of thiophene rings is 1. The van der Waals surface area contributed by atoms with Gasteiger partial charge in [0.05, 0.1) is 18.2 Å². The first-order valence-corrected chi connectivity index (χ1v) is 7.50. The van der Waals surface area contributed by atoms with Crippen molar-refractivity contribution in [2.24, 2.45) is 0 Å². The first kappa shape index (κ1) is 13.7. The Morgan fingerprint density at radius 2 is 2.17 bits per heavy atom. The lowest BCUT2D eigenvalue weighted by Crippen LogP contribution is -2.05. The summed E-state index contributed by atoms with van der Waals surface area (Å²) in [7, 11) is 1.62. The van der Waals surface area contributed by atoms with E-state index in [4.69, 9.17) is 16.3 Å². The second kappa shape index (κ2) is 5.95. The molecule has 5 heteroatoms. The van der Waals surface area contributed by atoms with Crippen LogP contribution in [0.4, 0.5) is 5.69 Å². The third-order valence-corrected chi connectivity index (χ3v) is 4.94. The molecule has 2 aromatic rings. The number of anilines is 1. The molecule has 1 heterocycles. The Morgan fingerprint density at radius 1 is 1.39 bits per heavy atom. The molecule has 0 aliphatic rings. The van der Waals surface area contributed by atoms with E-state index in [1.165, 1.54) is 4.88 Å². The highest BCUT2D eigenvalue weighted by Gasteiger charge is 2.11. The Kier molecular flexibility index (Phi) is 4.54. The van der Waals surface area contributed by atoms with Crippen molar-refractivity contribution in [3.05, 3.63) is 44.0 Å². The molecule has 0 radical (unpaired) electrons. The van der Waals surface area contributed by atoms with Crippen LogP contribution in [-0.2, 0) is 0 Å². The van der Waals surface area contributed by atoms with Crippen molar-refractivity contribution in [3.63, 3.8) is 0 Å². The standard InChI is InChI=1S/C13H13BrClNOS/c1-8(13-10(14)5-6-18-13)16-9-3-4-11(15)12(7-9)17-2/h3-8,16H,1-2H3. The number of benzene rings is 1. The molecule has 96 valence electrons. The molecule has 1 N–H and O–H groups in total. The van der Waals surface area contributed by atoms with E-state index in [0.717, 1.165) is 10.2 Å². The number of nitrogens with one attached hydrogen (secondary N) is 1. The Morgan fingerprint density at radius 3 is 2.78 bits per heavy atom. The quantitative estimate of drug-likeness (QED) is 0.806. The van der Waals surface area contributed by atoms with Crippen molar-refractivity contribution in [1.82, 2.24) is 0 Å². The number of hydrogen-bond acceptors (Lipinski definition) is 3. The number of halogens is 2. The molecule has 0 spiro atoms. The van der Waals surface area contributed by atoms with E-state index < -0.39 is 0 Å².